The lowest BCUT2D eigenvalue weighted by Gasteiger charge is -2.19. The fraction of sp³-hybridized carbons (Fsp3) is 0.0833. The van der Waals surface area contributed by atoms with Crippen molar-refractivity contribution in [1.82, 2.24) is 5.32 Å². The molecule has 0 aliphatic carbocycles. The lowest BCUT2D eigenvalue weighted by Crippen LogP contribution is -2.35. The number of carbonyl (C=O) groups is 4. The van der Waals surface area contributed by atoms with Crippen LogP contribution in [0.4, 0.5) is 25.0 Å². The molecule has 4 rings (SSSR count). The smallest absolute Gasteiger partial charge is 0.326 e. The van der Waals surface area contributed by atoms with Crippen LogP contribution in [0, 0.1) is 11.6 Å². The van der Waals surface area contributed by atoms with Crippen LogP contribution in [0.1, 0.15) is 38.0 Å². The van der Waals surface area contributed by atoms with Crippen molar-refractivity contribution < 1.29 is 32.7 Å². The lowest BCUT2D eigenvalue weighted by molar-refractivity contribution is 0.0920. The number of fused-ring (bicyclic) bond motifs is 1. The Morgan fingerprint density at radius 3 is 2.12 bits per heavy atom. The molecular formula is C24H17F2N3O5. The summed E-state index contributed by atoms with van der Waals surface area (Å²) in [6, 6.07) is 12.4. The minimum atomic E-state index is -1.26. The Labute approximate surface area is 192 Å². The molecule has 8 nitrogen and oxygen atoms in total. The summed E-state index contributed by atoms with van der Waals surface area (Å²) in [4.78, 5) is 50.9. The number of nitrogens with zero attached hydrogens (tertiary/aromatic N) is 1. The van der Waals surface area contributed by atoms with Crippen LogP contribution in [0.15, 0.2) is 60.7 Å². The molecule has 0 aromatic heterocycles. The molecule has 10 heteroatoms. The Balaban J connectivity index is 1.55. The minimum absolute atomic E-state index is 0.126. The maximum Gasteiger partial charge on any atom is 0.326 e. The van der Waals surface area contributed by atoms with Crippen molar-refractivity contribution in [2.75, 3.05) is 16.8 Å². The third kappa shape index (κ3) is 4.08. The predicted molar refractivity (Wildman–Crippen MR) is 118 cm³/mol. The van der Waals surface area contributed by atoms with Gasteiger partial charge in [-0.05, 0) is 43.3 Å². The molecule has 2 N–H and O–H groups in total. The average molecular weight is 465 g/mol. The first-order valence-corrected chi connectivity index (χ1v) is 10.1. The third-order valence-corrected chi connectivity index (χ3v) is 4.97. The van der Waals surface area contributed by atoms with Gasteiger partial charge >= 0.3 is 6.03 Å². The number of halogens is 2. The third-order valence-electron chi connectivity index (χ3n) is 4.97. The Bertz CT molecular complexity index is 1290. The first-order chi connectivity index (χ1) is 16.3. The maximum absolute atomic E-state index is 13.8. The summed E-state index contributed by atoms with van der Waals surface area (Å²) >= 11 is 0. The number of hydrogen-bond donors (Lipinski definition) is 2. The monoisotopic (exact) mass is 465 g/mol. The van der Waals surface area contributed by atoms with Crippen LogP contribution in [-0.2, 0) is 0 Å². The highest BCUT2D eigenvalue weighted by Gasteiger charge is 2.37. The van der Waals surface area contributed by atoms with Crippen LogP contribution >= 0.6 is 0 Å². The van der Waals surface area contributed by atoms with E-state index in [1.165, 1.54) is 18.2 Å². The summed E-state index contributed by atoms with van der Waals surface area (Å²) in [6.07, 6.45) is 0. The second kappa shape index (κ2) is 9.10. The second-order valence-electron chi connectivity index (χ2n) is 7.11. The average Bonchev–Trinajstić information content (AvgIpc) is 3.04. The lowest BCUT2D eigenvalue weighted by atomic mass is 10.1. The molecule has 3 aromatic rings. The second-order valence-corrected chi connectivity index (χ2v) is 7.11. The van der Waals surface area contributed by atoms with E-state index < -0.39 is 41.0 Å². The van der Waals surface area contributed by atoms with Gasteiger partial charge in [0.05, 0.1) is 23.4 Å². The van der Waals surface area contributed by atoms with Crippen molar-refractivity contribution in [2.24, 2.45) is 0 Å². The number of amides is 5. The summed E-state index contributed by atoms with van der Waals surface area (Å²) in [5, 5.41) is 4.20. The van der Waals surface area contributed by atoms with E-state index in [2.05, 4.69) is 5.32 Å². The number of rotatable bonds is 5. The van der Waals surface area contributed by atoms with Gasteiger partial charge in [-0.3, -0.25) is 19.7 Å². The largest absolute Gasteiger partial charge is 0.492 e. The molecule has 3 aromatic carbocycles. The summed E-state index contributed by atoms with van der Waals surface area (Å²) in [5.41, 5.74) is -0.0638. The quantitative estimate of drug-likeness (QED) is 0.552. The number of urea groups is 1. The van der Waals surface area contributed by atoms with Gasteiger partial charge in [0.1, 0.15) is 22.9 Å². The van der Waals surface area contributed by atoms with E-state index in [0.717, 1.165) is 23.1 Å². The van der Waals surface area contributed by atoms with Crippen LogP contribution < -0.4 is 20.3 Å². The highest BCUT2D eigenvalue weighted by atomic mass is 19.1. The van der Waals surface area contributed by atoms with E-state index in [9.17, 15) is 28.0 Å². The molecule has 1 heterocycles. The van der Waals surface area contributed by atoms with Crippen LogP contribution in [0.3, 0.4) is 0 Å². The zero-order valence-electron chi connectivity index (χ0n) is 17.7. The molecule has 0 atom stereocenters. The molecule has 0 fully saturated rings. The highest BCUT2D eigenvalue weighted by molar-refractivity contribution is 6.34. The van der Waals surface area contributed by atoms with Crippen molar-refractivity contribution in [3.63, 3.8) is 0 Å². The molecule has 34 heavy (non-hydrogen) atoms. The van der Waals surface area contributed by atoms with Gasteiger partial charge in [-0.25, -0.2) is 18.5 Å². The molecule has 0 radical (unpaired) electrons. The van der Waals surface area contributed by atoms with E-state index in [0.29, 0.717) is 0 Å². The minimum Gasteiger partial charge on any atom is -0.492 e. The maximum atomic E-state index is 13.8. The standard InChI is InChI=1S/C24H17F2N3O5/c1-2-34-19-12-13(27-24(33)28-21(30)20-16(25)8-5-9-17(20)26)10-11-18(19)29-22(31)14-6-3-4-7-15(14)23(29)32/h3-12H,2H2,1H3,(H2,27,28,30,33). The number of ether oxygens (including phenoxy) is 1. The number of nitrogens with one attached hydrogen (secondary N) is 2. The van der Waals surface area contributed by atoms with Crippen molar-refractivity contribution >= 4 is 35.1 Å². The van der Waals surface area contributed by atoms with Gasteiger partial charge in [-0.2, -0.15) is 0 Å². The number of benzene rings is 3. The predicted octanol–water partition coefficient (Wildman–Crippen LogP) is 4.13. The van der Waals surface area contributed by atoms with Crippen LogP contribution in [0.5, 0.6) is 5.75 Å². The van der Waals surface area contributed by atoms with Gasteiger partial charge in [-0.15, -0.1) is 0 Å². The Hall–Kier alpha value is -4.60. The fourth-order valence-corrected chi connectivity index (χ4v) is 3.50. The fourth-order valence-electron chi connectivity index (χ4n) is 3.50. The molecule has 0 saturated carbocycles. The van der Waals surface area contributed by atoms with E-state index >= 15 is 0 Å². The Kier molecular flexibility index (Phi) is 6.05. The van der Waals surface area contributed by atoms with E-state index in [1.54, 1.807) is 31.2 Å². The summed E-state index contributed by atoms with van der Waals surface area (Å²) in [5.74, 6) is -4.40. The first-order valence-electron chi connectivity index (χ1n) is 10.1. The van der Waals surface area contributed by atoms with Crippen LogP contribution in [0.2, 0.25) is 0 Å². The van der Waals surface area contributed by atoms with Crippen molar-refractivity contribution in [1.29, 1.82) is 0 Å². The zero-order chi connectivity index (χ0) is 24.4. The van der Waals surface area contributed by atoms with E-state index in [1.807, 2.05) is 5.32 Å². The first kappa shape index (κ1) is 22.6. The Morgan fingerprint density at radius 1 is 0.912 bits per heavy atom. The number of hydrogen-bond acceptors (Lipinski definition) is 5. The number of anilines is 2. The summed E-state index contributed by atoms with van der Waals surface area (Å²) < 4.78 is 33.1. The SMILES string of the molecule is CCOc1cc(NC(=O)NC(=O)c2c(F)cccc2F)ccc1N1C(=O)c2ccccc2C1=O. The molecule has 0 spiro atoms. The van der Waals surface area contributed by atoms with Gasteiger partial charge in [-0.1, -0.05) is 18.2 Å². The van der Waals surface area contributed by atoms with E-state index in [4.69, 9.17) is 4.74 Å². The number of carbonyl (C=O) groups excluding carboxylic acids is 4. The molecular weight excluding hydrogens is 448 g/mol. The van der Waals surface area contributed by atoms with Crippen molar-refractivity contribution in [3.8, 4) is 5.75 Å². The molecule has 0 bridgehead atoms. The van der Waals surface area contributed by atoms with Crippen molar-refractivity contribution in [2.45, 2.75) is 6.92 Å². The topological polar surface area (TPSA) is 105 Å². The summed E-state index contributed by atoms with van der Waals surface area (Å²) in [7, 11) is 0. The summed E-state index contributed by atoms with van der Waals surface area (Å²) in [6.45, 7) is 1.89. The van der Waals surface area contributed by atoms with E-state index in [-0.39, 0.29) is 34.9 Å². The van der Waals surface area contributed by atoms with Gasteiger partial charge in [0, 0.05) is 11.8 Å². The molecule has 172 valence electrons. The van der Waals surface area contributed by atoms with Gasteiger partial charge in [0.2, 0.25) is 0 Å². The molecule has 0 saturated heterocycles. The number of imide groups is 2. The van der Waals surface area contributed by atoms with Crippen LogP contribution in [-0.4, -0.2) is 30.4 Å². The molecule has 5 amide bonds. The Morgan fingerprint density at radius 2 is 1.53 bits per heavy atom. The normalized spacial score (nSPS) is 12.4. The highest BCUT2D eigenvalue weighted by Crippen LogP contribution is 2.36. The van der Waals surface area contributed by atoms with Gasteiger partial charge in [0.25, 0.3) is 17.7 Å². The molecule has 1 aliphatic rings. The van der Waals surface area contributed by atoms with Crippen LogP contribution in [0.25, 0.3) is 0 Å². The zero-order valence-corrected chi connectivity index (χ0v) is 17.7. The molecule has 1 aliphatic heterocycles. The van der Waals surface area contributed by atoms with Gasteiger partial charge < -0.3 is 10.1 Å². The van der Waals surface area contributed by atoms with Gasteiger partial charge in [0.15, 0.2) is 0 Å². The molecule has 0 unspecified atom stereocenters. The van der Waals surface area contributed by atoms with Crippen molar-refractivity contribution in [3.05, 3.63) is 89.0 Å².